The molecule has 94 valence electrons. The molecule has 0 amide bonds. The summed E-state index contributed by atoms with van der Waals surface area (Å²) in [6.45, 7) is 4.04. The second-order valence-corrected chi connectivity index (χ2v) is 7.21. The van der Waals surface area contributed by atoms with Crippen LogP contribution < -0.4 is 0 Å². The van der Waals surface area contributed by atoms with E-state index in [0.29, 0.717) is 4.90 Å². The Kier molecular flexibility index (Phi) is 5.66. The normalized spacial score (nSPS) is 12.8. The van der Waals surface area contributed by atoms with Gasteiger partial charge in [0.25, 0.3) is 0 Å². The molecule has 0 aliphatic rings. The summed E-state index contributed by atoms with van der Waals surface area (Å²) < 4.78 is 25.0. The summed E-state index contributed by atoms with van der Waals surface area (Å²) in [5.74, 6) is 0. The molecule has 1 aromatic carbocycles. The van der Waals surface area contributed by atoms with Crippen molar-refractivity contribution in [2.24, 2.45) is 0 Å². The van der Waals surface area contributed by atoms with Gasteiger partial charge in [-0.3, -0.25) is 0 Å². The third-order valence-electron chi connectivity index (χ3n) is 2.40. The Bertz CT molecular complexity index is 487. The Morgan fingerprint density at radius 3 is 2.41 bits per heavy atom. The fraction of sp³-hybridized carbons (Fsp3) is 0.385. The highest BCUT2D eigenvalue weighted by Crippen LogP contribution is 2.21. The highest BCUT2D eigenvalue weighted by Gasteiger charge is 2.11. The third-order valence-corrected chi connectivity index (χ3v) is 5.20. The molecule has 0 saturated carbocycles. The van der Waals surface area contributed by atoms with E-state index in [1.54, 1.807) is 12.1 Å². The van der Waals surface area contributed by atoms with E-state index in [1.807, 2.05) is 19.1 Å². The molecular weight excluding hydrogens is 347 g/mol. The van der Waals surface area contributed by atoms with Crippen molar-refractivity contribution in [3.05, 3.63) is 38.8 Å². The molecule has 0 N–H and O–H groups in total. The van der Waals surface area contributed by atoms with Crippen LogP contribution in [0.15, 0.2) is 38.1 Å². The maximum absolute atomic E-state index is 12.0. The number of halogens is 1. The summed E-state index contributed by atoms with van der Waals surface area (Å²) in [6, 6.07) is 6.95. The first-order valence-electron chi connectivity index (χ1n) is 5.63. The average Bonchev–Trinajstić information content (AvgIpc) is 2.26. The number of aryl methyl sites for hydroxylation is 1. The van der Waals surface area contributed by atoms with Gasteiger partial charge in [0.05, 0.1) is 4.90 Å². The molecule has 0 unspecified atom stereocenters. The van der Waals surface area contributed by atoms with E-state index in [0.717, 1.165) is 28.4 Å². The average molecular weight is 364 g/mol. The molecule has 0 bridgehead atoms. The van der Waals surface area contributed by atoms with Crippen LogP contribution in [0.4, 0.5) is 0 Å². The fourth-order valence-electron chi connectivity index (χ4n) is 1.37. The summed E-state index contributed by atoms with van der Waals surface area (Å²) in [5, 5.41) is 1.38. The van der Waals surface area contributed by atoms with Gasteiger partial charge in [0, 0.05) is 8.99 Å². The van der Waals surface area contributed by atoms with Crippen molar-refractivity contribution in [1.29, 1.82) is 0 Å². The van der Waals surface area contributed by atoms with Gasteiger partial charge in [0.15, 0.2) is 0 Å². The summed E-state index contributed by atoms with van der Waals surface area (Å²) >= 11 is 2.11. The Morgan fingerprint density at radius 2 is 1.88 bits per heavy atom. The summed E-state index contributed by atoms with van der Waals surface area (Å²) in [6.07, 6.45) is 2.94. The van der Waals surface area contributed by atoms with E-state index in [1.165, 1.54) is 5.41 Å². The second kappa shape index (κ2) is 6.54. The van der Waals surface area contributed by atoms with Crippen molar-refractivity contribution >= 4 is 32.4 Å². The van der Waals surface area contributed by atoms with Gasteiger partial charge in [-0.2, -0.15) is 0 Å². The molecule has 0 aliphatic carbocycles. The molecule has 0 aliphatic heterocycles. The van der Waals surface area contributed by atoms with Crippen LogP contribution in [-0.2, 0) is 9.84 Å². The zero-order valence-electron chi connectivity index (χ0n) is 10.1. The SMILES string of the molecule is CCCC/C(I)=C/S(=O)(=O)c1ccc(C)cc1. The standard InChI is InChI=1S/C13H17IO2S/c1-3-4-5-12(14)10-17(15,16)13-8-6-11(2)7-9-13/h6-10H,3-5H2,1-2H3/b12-10-. The predicted molar refractivity (Wildman–Crippen MR) is 80.0 cm³/mol. The third kappa shape index (κ3) is 4.79. The van der Waals surface area contributed by atoms with E-state index in [2.05, 4.69) is 29.5 Å². The molecular formula is C13H17IO2S. The number of rotatable bonds is 5. The monoisotopic (exact) mass is 364 g/mol. The van der Waals surface area contributed by atoms with E-state index in [9.17, 15) is 8.42 Å². The first kappa shape index (κ1) is 14.7. The zero-order chi connectivity index (χ0) is 12.9. The van der Waals surface area contributed by atoms with Gasteiger partial charge in [-0.15, -0.1) is 0 Å². The maximum atomic E-state index is 12.0. The maximum Gasteiger partial charge on any atom is 0.200 e. The number of benzene rings is 1. The first-order valence-corrected chi connectivity index (χ1v) is 8.26. The lowest BCUT2D eigenvalue weighted by molar-refractivity contribution is 0.604. The van der Waals surface area contributed by atoms with E-state index < -0.39 is 9.84 Å². The minimum atomic E-state index is -3.28. The smallest absolute Gasteiger partial charge is 0.200 e. The minimum Gasteiger partial charge on any atom is -0.219 e. The summed E-state index contributed by atoms with van der Waals surface area (Å²) in [5.41, 5.74) is 1.06. The summed E-state index contributed by atoms with van der Waals surface area (Å²) in [4.78, 5) is 0.369. The van der Waals surface area contributed by atoms with Crippen LogP contribution in [0, 0.1) is 6.92 Å². The molecule has 0 fully saturated rings. The topological polar surface area (TPSA) is 34.1 Å². The number of sulfone groups is 1. The molecule has 0 saturated heterocycles. The van der Waals surface area contributed by atoms with Crippen LogP contribution in [-0.4, -0.2) is 8.42 Å². The molecule has 17 heavy (non-hydrogen) atoms. The number of hydrogen-bond donors (Lipinski definition) is 0. The van der Waals surface area contributed by atoms with E-state index >= 15 is 0 Å². The van der Waals surface area contributed by atoms with Gasteiger partial charge in [-0.05, 0) is 54.5 Å². The van der Waals surface area contributed by atoms with Gasteiger partial charge in [0.2, 0.25) is 9.84 Å². The van der Waals surface area contributed by atoms with Crippen LogP contribution >= 0.6 is 22.6 Å². The molecule has 1 rings (SSSR count). The number of hydrogen-bond acceptors (Lipinski definition) is 2. The Hall–Kier alpha value is -0.360. The molecule has 0 atom stereocenters. The van der Waals surface area contributed by atoms with Crippen molar-refractivity contribution in [2.75, 3.05) is 0 Å². The van der Waals surface area contributed by atoms with Crippen LogP contribution in [0.1, 0.15) is 31.7 Å². The molecule has 4 heteroatoms. The lowest BCUT2D eigenvalue weighted by atomic mass is 10.2. The first-order chi connectivity index (χ1) is 7.95. The lowest BCUT2D eigenvalue weighted by Gasteiger charge is -2.02. The van der Waals surface area contributed by atoms with Crippen molar-refractivity contribution in [3.63, 3.8) is 0 Å². The zero-order valence-corrected chi connectivity index (χ0v) is 13.1. The van der Waals surface area contributed by atoms with Crippen LogP contribution in [0.2, 0.25) is 0 Å². The Labute approximate surface area is 117 Å². The molecule has 0 radical (unpaired) electrons. The fourth-order valence-corrected chi connectivity index (χ4v) is 3.86. The van der Waals surface area contributed by atoms with E-state index in [-0.39, 0.29) is 0 Å². The van der Waals surface area contributed by atoms with Gasteiger partial charge in [0.1, 0.15) is 0 Å². The van der Waals surface area contributed by atoms with Gasteiger partial charge >= 0.3 is 0 Å². The number of unbranched alkanes of at least 4 members (excludes halogenated alkanes) is 1. The predicted octanol–water partition coefficient (Wildman–Crippen LogP) is 4.24. The molecule has 0 heterocycles. The molecule has 0 aromatic heterocycles. The molecule has 1 aromatic rings. The second-order valence-electron chi connectivity index (χ2n) is 4.03. The largest absolute Gasteiger partial charge is 0.219 e. The Balaban J connectivity index is 2.92. The summed E-state index contributed by atoms with van der Waals surface area (Å²) in [7, 11) is -3.28. The van der Waals surface area contributed by atoms with Gasteiger partial charge < -0.3 is 0 Å². The highest BCUT2D eigenvalue weighted by molar-refractivity contribution is 14.1. The van der Waals surface area contributed by atoms with Crippen molar-refractivity contribution < 1.29 is 8.42 Å². The highest BCUT2D eigenvalue weighted by atomic mass is 127. The van der Waals surface area contributed by atoms with Gasteiger partial charge in [-0.25, -0.2) is 8.42 Å². The van der Waals surface area contributed by atoms with Crippen LogP contribution in [0.3, 0.4) is 0 Å². The van der Waals surface area contributed by atoms with Crippen LogP contribution in [0.25, 0.3) is 0 Å². The molecule has 2 nitrogen and oxygen atoms in total. The Morgan fingerprint density at radius 1 is 1.29 bits per heavy atom. The van der Waals surface area contributed by atoms with Crippen molar-refractivity contribution in [3.8, 4) is 0 Å². The van der Waals surface area contributed by atoms with Crippen molar-refractivity contribution in [1.82, 2.24) is 0 Å². The quantitative estimate of drug-likeness (QED) is 0.733. The number of allylic oxidation sites excluding steroid dienone is 1. The lowest BCUT2D eigenvalue weighted by Crippen LogP contribution is -1.97. The molecule has 0 spiro atoms. The van der Waals surface area contributed by atoms with Crippen molar-refractivity contribution in [2.45, 2.75) is 38.0 Å². The van der Waals surface area contributed by atoms with Crippen LogP contribution in [0.5, 0.6) is 0 Å². The van der Waals surface area contributed by atoms with Gasteiger partial charge in [-0.1, -0.05) is 31.0 Å². The van der Waals surface area contributed by atoms with E-state index in [4.69, 9.17) is 0 Å². The minimum absolute atomic E-state index is 0.369.